The van der Waals surface area contributed by atoms with Gasteiger partial charge < -0.3 is 15.0 Å². The fourth-order valence-corrected chi connectivity index (χ4v) is 2.18. The molecule has 0 spiro atoms. The Hall–Kier alpha value is -0.680. The monoisotopic (exact) mass is 324 g/mol. The minimum absolute atomic E-state index is 0. The van der Waals surface area contributed by atoms with E-state index >= 15 is 0 Å². The third-order valence-electron chi connectivity index (χ3n) is 2.74. The summed E-state index contributed by atoms with van der Waals surface area (Å²) in [7, 11) is 0. The van der Waals surface area contributed by atoms with Gasteiger partial charge in [-0.25, -0.2) is 4.79 Å². The van der Waals surface area contributed by atoms with E-state index in [-0.39, 0.29) is 25.1 Å². The molecule has 0 unspecified atom stereocenters. The zero-order valence-electron chi connectivity index (χ0n) is 10.2. The van der Waals surface area contributed by atoms with Crippen molar-refractivity contribution in [1.29, 1.82) is 0 Å². The number of hydrogen-bond acceptors (Lipinski definition) is 3. The van der Waals surface area contributed by atoms with Crippen molar-refractivity contribution in [2.45, 2.75) is 6.61 Å². The summed E-state index contributed by atoms with van der Waals surface area (Å²) in [6, 6.07) is 5.12. The second kappa shape index (κ2) is 7.80. The Kier molecular flexibility index (Phi) is 6.72. The molecule has 1 saturated heterocycles. The van der Waals surface area contributed by atoms with Crippen molar-refractivity contribution >= 4 is 41.7 Å². The number of halogens is 3. The van der Waals surface area contributed by atoms with E-state index in [1.165, 1.54) is 0 Å². The summed E-state index contributed by atoms with van der Waals surface area (Å²) in [6.07, 6.45) is -0.303. The second-order valence-corrected chi connectivity index (χ2v) is 4.87. The first kappa shape index (κ1) is 16.4. The van der Waals surface area contributed by atoms with Crippen molar-refractivity contribution in [3.05, 3.63) is 33.8 Å². The zero-order valence-corrected chi connectivity index (χ0v) is 12.5. The van der Waals surface area contributed by atoms with Crippen LogP contribution in [0.5, 0.6) is 0 Å². The highest BCUT2D eigenvalue weighted by atomic mass is 35.5. The van der Waals surface area contributed by atoms with Gasteiger partial charge in [0.05, 0.1) is 0 Å². The van der Waals surface area contributed by atoms with Gasteiger partial charge in [-0.05, 0) is 12.1 Å². The summed E-state index contributed by atoms with van der Waals surface area (Å²) in [5.74, 6) is 0. The molecule has 1 heterocycles. The van der Waals surface area contributed by atoms with Gasteiger partial charge in [0.1, 0.15) is 6.61 Å². The minimum Gasteiger partial charge on any atom is -0.444 e. The smallest absolute Gasteiger partial charge is 0.410 e. The molecule has 0 saturated carbocycles. The molecule has 1 aliphatic rings. The largest absolute Gasteiger partial charge is 0.444 e. The maximum absolute atomic E-state index is 11.8. The van der Waals surface area contributed by atoms with Crippen molar-refractivity contribution in [3.8, 4) is 0 Å². The molecule has 7 heteroatoms. The molecule has 1 amide bonds. The molecule has 0 radical (unpaired) electrons. The standard InChI is InChI=1S/C12H14Cl2N2O2.ClH/c13-10-2-1-9(11(14)7-10)8-18-12(17)16-5-3-15-4-6-16;/h1-2,7,15H,3-6,8H2;1H. The molecule has 4 nitrogen and oxygen atoms in total. The third kappa shape index (κ3) is 4.73. The normalized spacial score (nSPS) is 14.7. The van der Waals surface area contributed by atoms with Crippen LogP contribution in [0.15, 0.2) is 18.2 Å². The fraction of sp³-hybridized carbons (Fsp3) is 0.417. The Morgan fingerprint density at radius 1 is 1.32 bits per heavy atom. The van der Waals surface area contributed by atoms with Crippen LogP contribution in [0.2, 0.25) is 10.0 Å². The number of rotatable bonds is 2. The molecule has 106 valence electrons. The molecule has 0 aliphatic carbocycles. The zero-order chi connectivity index (χ0) is 13.0. The molecule has 0 atom stereocenters. The van der Waals surface area contributed by atoms with Gasteiger partial charge in [-0.1, -0.05) is 29.3 Å². The van der Waals surface area contributed by atoms with Crippen molar-refractivity contribution in [2.75, 3.05) is 26.2 Å². The Labute approximate surface area is 128 Å². The summed E-state index contributed by atoms with van der Waals surface area (Å²) in [4.78, 5) is 13.4. The summed E-state index contributed by atoms with van der Waals surface area (Å²) in [6.45, 7) is 3.12. The van der Waals surface area contributed by atoms with E-state index in [1.807, 2.05) is 0 Å². The minimum atomic E-state index is -0.303. The Bertz CT molecular complexity index is 437. The average molecular weight is 326 g/mol. The number of ether oxygens (including phenoxy) is 1. The number of benzene rings is 1. The highest BCUT2D eigenvalue weighted by molar-refractivity contribution is 6.35. The van der Waals surface area contributed by atoms with Crippen molar-refractivity contribution in [1.82, 2.24) is 10.2 Å². The van der Waals surface area contributed by atoms with Gasteiger partial charge in [0, 0.05) is 41.8 Å². The van der Waals surface area contributed by atoms with Crippen molar-refractivity contribution < 1.29 is 9.53 Å². The van der Waals surface area contributed by atoms with Gasteiger partial charge in [0.2, 0.25) is 0 Å². The predicted molar refractivity (Wildman–Crippen MR) is 78.3 cm³/mol. The first-order valence-corrected chi connectivity index (χ1v) is 6.49. The van der Waals surface area contributed by atoms with Gasteiger partial charge in [-0.2, -0.15) is 0 Å². The third-order valence-corrected chi connectivity index (χ3v) is 3.33. The first-order chi connectivity index (χ1) is 8.66. The number of carbonyl (C=O) groups is 1. The van der Waals surface area contributed by atoms with Crippen LogP contribution in [0.25, 0.3) is 0 Å². The van der Waals surface area contributed by atoms with Crippen LogP contribution < -0.4 is 5.32 Å². The van der Waals surface area contributed by atoms with E-state index in [9.17, 15) is 4.79 Å². The number of amides is 1. The lowest BCUT2D eigenvalue weighted by Crippen LogP contribution is -2.46. The summed E-state index contributed by atoms with van der Waals surface area (Å²) in [5.41, 5.74) is 0.754. The number of nitrogens with zero attached hydrogens (tertiary/aromatic N) is 1. The van der Waals surface area contributed by atoms with E-state index in [1.54, 1.807) is 23.1 Å². The second-order valence-electron chi connectivity index (χ2n) is 4.03. The average Bonchev–Trinajstić information content (AvgIpc) is 2.38. The van der Waals surface area contributed by atoms with E-state index in [2.05, 4.69) is 5.32 Å². The highest BCUT2D eigenvalue weighted by Gasteiger charge is 2.17. The van der Waals surface area contributed by atoms with Gasteiger partial charge in [0.15, 0.2) is 0 Å². The van der Waals surface area contributed by atoms with E-state index < -0.39 is 0 Å². The topological polar surface area (TPSA) is 41.6 Å². The lowest BCUT2D eigenvalue weighted by molar-refractivity contribution is 0.0919. The molecule has 2 rings (SSSR count). The molecule has 1 aromatic carbocycles. The van der Waals surface area contributed by atoms with E-state index in [4.69, 9.17) is 27.9 Å². The molecule has 1 fully saturated rings. The number of carbonyl (C=O) groups excluding carboxylic acids is 1. The summed E-state index contributed by atoms with van der Waals surface area (Å²) in [5, 5.41) is 4.25. The van der Waals surface area contributed by atoms with Crippen LogP contribution in [0.1, 0.15) is 5.56 Å². The van der Waals surface area contributed by atoms with Crippen molar-refractivity contribution in [2.24, 2.45) is 0 Å². The van der Waals surface area contributed by atoms with Gasteiger partial charge >= 0.3 is 6.09 Å². The van der Waals surface area contributed by atoms with Crippen LogP contribution in [-0.2, 0) is 11.3 Å². The SMILES string of the molecule is Cl.O=C(OCc1ccc(Cl)cc1Cl)N1CCNCC1. The van der Waals surface area contributed by atoms with Crippen LogP contribution >= 0.6 is 35.6 Å². The molecular formula is C12H15Cl3N2O2. The molecule has 1 N–H and O–H groups in total. The van der Waals surface area contributed by atoms with Gasteiger partial charge in [0.25, 0.3) is 0 Å². The quantitative estimate of drug-likeness (QED) is 0.909. The van der Waals surface area contributed by atoms with Crippen LogP contribution in [0, 0.1) is 0 Å². The van der Waals surface area contributed by atoms with Crippen molar-refractivity contribution in [3.63, 3.8) is 0 Å². The van der Waals surface area contributed by atoms with Gasteiger partial charge in [-0.3, -0.25) is 0 Å². The van der Waals surface area contributed by atoms with Crippen LogP contribution in [0.3, 0.4) is 0 Å². The predicted octanol–water partition coefficient (Wildman–Crippen LogP) is 2.96. The van der Waals surface area contributed by atoms with Crippen LogP contribution in [0.4, 0.5) is 4.79 Å². The molecular weight excluding hydrogens is 311 g/mol. The summed E-state index contributed by atoms with van der Waals surface area (Å²) < 4.78 is 5.22. The Morgan fingerprint density at radius 2 is 2.00 bits per heavy atom. The first-order valence-electron chi connectivity index (χ1n) is 5.73. The lowest BCUT2D eigenvalue weighted by atomic mass is 10.2. The maximum Gasteiger partial charge on any atom is 0.410 e. The van der Waals surface area contributed by atoms with Gasteiger partial charge in [-0.15, -0.1) is 12.4 Å². The molecule has 19 heavy (non-hydrogen) atoms. The summed E-state index contributed by atoms with van der Waals surface area (Å²) >= 11 is 11.8. The Morgan fingerprint density at radius 3 is 2.63 bits per heavy atom. The van der Waals surface area contributed by atoms with E-state index in [0.29, 0.717) is 23.1 Å². The maximum atomic E-state index is 11.8. The van der Waals surface area contributed by atoms with E-state index in [0.717, 1.165) is 18.7 Å². The molecule has 0 bridgehead atoms. The highest BCUT2D eigenvalue weighted by Crippen LogP contribution is 2.21. The number of hydrogen-bond donors (Lipinski definition) is 1. The molecule has 1 aliphatic heterocycles. The van der Waals surface area contributed by atoms with Crippen LogP contribution in [-0.4, -0.2) is 37.2 Å². The Balaban J connectivity index is 0.00000180. The number of piperazine rings is 1. The molecule has 0 aromatic heterocycles. The lowest BCUT2D eigenvalue weighted by Gasteiger charge is -2.26. The molecule has 1 aromatic rings. The fourth-order valence-electron chi connectivity index (χ4n) is 1.72. The number of nitrogens with one attached hydrogen (secondary N) is 1.